The maximum Gasteiger partial charge on any atom is 0.138 e. The van der Waals surface area contributed by atoms with Crippen molar-refractivity contribution in [3.8, 4) is 0 Å². The van der Waals surface area contributed by atoms with Crippen molar-refractivity contribution in [1.82, 2.24) is 5.32 Å². The van der Waals surface area contributed by atoms with Gasteiger partial charge in [0.25, 0.3) is 0 Å². The van der Waals surface area contributed by atoms with Gasteiger partial charge in [-0.2, -0.15) is 0 Å². The normalized spacial score (nSPS) is 43.1. The highest BCUT2D eigenvalue weighted by molar-refractivity contribution is 5.84. The third-order valence-corrected chi connectivity index (χ3v) is 8.85. The lowest BCUT2D eigenvalue weighted by Gasteiger charge is -2.58. The molecule has 2 fully saturated rings. The van der Waals surface area contributed by atoms with Crippen LogP contribution in [-0.2, 0) is 9.53 Å². The molecule has 0 amide bonds. The maximum absolute atomic E-state index is 12.7. The monoisotopic (exact) mass is 391 g/mol. The van der Waals surface area contributed by atoms with E-state index in [9.17, 15) is 9.90 Å². The largest absolute Gasteiger partial charge is 0.388 e. The first-order chi connectivity index (χ1) is 13.2. The zero-order valence-corrected chi connectivity index (χ0v) is 18.6. The van der Waals surface area contributed by atoms with Crippen molar-refractivity contribution < 1.29 is 14.6 Å². The predicted octanol–water partition coefficient (Wildman–Crippen LogP) is 4.12. The number of ketones is 1. The number of Topliss-reactive ketones (excluding diaryl/α,β-unsaturated/α-hetero) is 1. The summed E-state index contributed by atoms with van der Waals surface area (Å²) in [5.74, 6) is 2.11. The minimum Gasteiger partial charge on any atom is -0.388 e. The number of hydrogen-bond acceptors (Lipinski definition) is 4. The number of carbonyl (C=O) groups is 1. The molecule has 3 aliphatic carbocycles. The summed E-state index contributed by atoms with van der Waals surface area (Å²) < 4.78 is 5.10. The zero-order valence-electron chi connectivity index (χ0n) is 18.6. The molecule has 4 heteroatoms. The Labute approximate surface area is 171 Å². The van der Waals surface area contributed by atoms with Crippen LogP contribution in [0.15, 0.2) is 11.6 Å². The molecule has 6 atom stereocenters. The van der Waals surface area contributed by atoms with Crippen molar-refractivity contribution in [2.75, 3.05) is 26.8 Å². The highest BCUT2D eigenvalue weighted by atomic mass is 16.5. The molecule has 0 saturated heterocycles. The molecule has 0 aromatic rings. The molecule has 0 bridgehead atoms. The number of rotatable bonds is 7. The van der Waals surface area contributed by atoms with Gasteiger partial charge in [0.15, 0.2) is 0 Å². The van der Waals surface area contributed by atoms with Gasteiger partial charge in [-0.1, -0.05) is 39.3 Å². The van der Waals surface area contributed by atoms with Gasteiger partial charge in [0.2, 0.25) is 0 Å². The summed E-state index contributed by atoms with van der Waals surface area (Å²) in [5.41, 5.74) is 0.859. The summed E-state index contributed by atoms with van der Waals surface area (Å²) in [4.78, 5) is 12.7. The Morgan fingerprint density at radius 3 is 2.75 bits per heavy atom. The van der Waals surface area contributed by atoms with E-state index in [1.54, 1.807) is 7.11 Å². The summed E-state index contributed by atoms with van der Waals surface area (Å²) in [6.45, 7) is 11.1. The first kappa shape index (κ1) is 22.0. The standard InChI is InChI=1S/C24H41NO3/c1-6-21(26)22(3)10-9-20-19(17(22)2)8-7-18-15-24(27,12-11-23(18,20)4)16-25-13-14-28-5/h7,17,19-20,25,27H,6,8-16H2,1-5H3. The molecule has 3 aliphatic rings. The fourth-order valence-corrected chi connectivity index (χ4v) is 6.63. The van der Waals surface area contributed by atoms with Gasteiger partial charge in [-0.3, -0.25) is 4.79 Å². The first-order valence-corrected chi connectivity index (χ1v) is 11.3. The molecule has 0 aromatic heterocycles. The van der Waals surface area contributed by atoms with Gasteiger partial charge in [-0.05, 0) is 61.7 Å². The third kappa shape index (κ3) is 3.73. The lowest BCUT2D eigenvalue weighted by molar-refractivity contribution is -0.139. The average Bonchev–Trinajstić information content (AvgIpc) is 2.68. The number of hydrogen-bond donors (Lipinski definition) is 2. The summed E-state index contributed by atoms with van der Waals surface area (Å²) in [6, 6.07) is 0. The van der Waals surface area contributed by atoms with Crippen molar-refractivity contribution in [2.45, 2.75) is 78.2 Å². The van der Waals surface area contributed by atoms with E-state index in [0.29, 0.717) is 43.1 Å². The van der Waals surface area contributed by atoms with E-state index < -0.39 is 5.60 Å². The molecule has 0 aliphatic heterocycles. The topological polar surface area (TPSA) is 58.6 Å². The van der Waals surface area contributed by atoms with E-state index in [1.165, 1.54) is 5.57 Å². The molecular weight excluding hydrogens is 350 g/mol. The molecule has 3 rings (SSSR count). The molecule has 0 spiro atoms. The molecule has 0 heterocycles. The predicted molar refractivity (Wildman–Crippen MR) is 113 cm³/mol. The second-order valence-electron chi connectivity index (χ2n) is 10.2. The number of methoxy groups -OCH3 is 1. The van der Waals surface area contributed by atoms with Gasteiger partial charge in [-0.15, -0.1) is 0 Å². The van der Waals surface area contributed by atoms with Gasteiger partial charge in [0.1, 0.15) is 5.78 Å². The Hall–Kier alpha value is -0.710. The summed E-state index contributed by atoms with van der Waals surface area (Å²) in [6.07, 6.45) is 9.00. The van der Waals surface area contributed by atoms with E-state index in [2.05, 4.69) is 32.2 Å². The molecule has 2 saturated carbocycles. The molecule has 160 valence electrons. The van der Waals surface area contributed by atoms with Gasteiger partial charge in [0.05, 0.1) is 12.2 Å². The Kier molecular flexibility index (Phi) is 6.44. The van der Waals surface area contributed by atoms with Crippen LogP contribution < -0.4 is 5.32 Å². The molecular formula is C24H41NO3. The Balaban J connectivity index is 1.75. The van der Waals surface area contributed by atoms with E-state index in [4.69, 9.17) is 4.74 Å². The van der Waals surface area contributed by atoms with Crippen molar-refractivity contribution in [3.05, 3.63) is 11.6 Å². The van der Waals surface area contributed by atoms with Crippen LogP contribution in [0.3, 0.4) is 0 Å². The van der Waals surface area contributed by atoms with Crippen molar-refractivity contribution >= 4 is 5.78 Å². The average molecular weight is 392 g/mol. The summed E-state index contributed by atoms with van der Waals surface area (Å²) in [7, 11) is 1.70. The van der Waals surface area contributed by atoms with Crippen LogP contribution in [0.4, 0.5) is 0 Å². The molecule has 2 N–H and O–H groups in total. The van der Waals surface area contributed by atoms with E-state index in [-0.39, 0.29) is 10.8 Å². The van der Waals surface area contributed by atoms with E-state index >= 15 is 0 Å². The maximum atomic E-state index is 12.7. The van der Waals surface area contributed by atoms with Gasteiger partial charge in [-0.25, -0.2) is 0 Å². The van der Waals surface area contributed by atoms with Gasteiger partial charge >= 0.3 is 0 Å². The molecule has 0 radical (unpaired) electrons. The van der Waals surface area contributed by atoms with Crippen molar-refractivity contribution in [1.29, 1.82) is 0 Å². The van der Waals surface area contributed by atoms with Gasteiger partial charge < -0.3 is 15.2 Å². The van der Waals surface area contributed by atoms with E-state index in [0.717, 1.165) is 45.1 Å². The second kappa shape index (κ2) is 8.20. The lowest BCUT2D eigenvalue weighted by Crippen LogP contribution is -2.54. The van der Waals surface area contributed by atoms with E-state index in [1.807, 2.05) is 6.92 Å². The van der Waals surface area contributed by atoms with Crippen LogP contribution in [-0.4, -0.2) is 43.3 Å². The molecule has 28 heavy (non-hydrogen) atoms. The smallest absolute Gasteiger partial charge is 0.138 e. The van der Waals surface area contributed by atoms with Gasteiger partial charge in [0, 0.05) is 32.0 Å². The minimum absolute atomic E-state index is 0.154. The molecule has 6 unspecified atom stereocenters. The SMILES string of the molecule is CCC(=O)C1(C)CCC2C(CC=C3CC(O)(CNCCOC)CCC32C)C1C. The highest BCUT2D eigenvalue weighted by Crippen LogP contribution is 2.62. The van der Waals surface area contributed by atoms with Crippen LogP contribution in [0.1, 0.15) is 72.6 Å². The fourth-order valence-electron chi connectivity index (χ4n) is 6.63. The summed E-state index contributed by atoms with van der Waals surface area (Å²) in [5, 5.41) is 14.5. The number of ether oxygens (including phenoxy) is 1. The quantitative estimate of drug-likeness (QED) is 0.506. The number of carbonyl (C=O) groups excluding carboxylic acids is 1. The van der Waals surface area contributed by atoms with Crippen molar-refractivity contribution in [3.63, 3.8) is 0 Å². The van der Waals surface area contributed by atoms with Crippen LogP contribution >= 0.6 is 0 Å². The number of aliphatic hydroxyl groups is 1. The van der Waals surface area contributed by atoms with Crippen LogP contribution in [0.25, 0.3) is 0 Å². The minimum atomic E-state index is -0.640. The number of nitrogens with one attached hydrogen (secondary N) is 1. The fraction of sp³-hybridized carbons (Fsp3) is 0.875. The van der Waals surface area contributed by atoms with Crippen LogP contribution in [0, 0.1) is 28.6 Å². The number of fused-ring (bicyclic) bond motifs is 3. The van der Waals surface area contributed by atoms with Crippen LogP contribution in [0.5, 0.6) is 0 Å². The highest BCUT2D eigenvalue weighted by Gasteiger charge is 2.56. The zero-order chi connectivity index (χ0) is 20.6. The Bertz CT molecular complexity index is 617. The third-order valence-electron chi connectivity index (χ3n) is 8.85. The number of allylic oxidation sites excluding steroid dienone is 1. The lowest BCUT2D eigenvalue weighted by atomic mass is 9.46. The molecule has 4 nitrogen and oxygen atoms in total. The first-order valence-electron chi connectivity index (χ1n) is 11.3. The summed E-state index contributed by atoms with van der Waals surface area (Å²) >= 11 is 0. The molecule has 0 aromatic carbocycles. The van der Waals surface area contributed by atoms with Crippen molar-refractivity contribution in [2.24, 2.45) is 28.6 Å². The second-order valence-corrected chi connectivity index (χ2v) is 10.2. The van der Waals surface area contributed by atoms with Crippen LogP contribution in [0.2, 0.25) is 0 Å². The Morgan fingerprint density at radius 1 is 1.32 bits per heavy atom. The Morgan fingerprint density at radius 2 is 2.07 bits per heavy atom.